The van der Waals surface area contributed by atoms with Crippen LogP contribution in [0.4, 0.5) is 5.13 Å². The minimum absolute atomic E-state index is 0.0264. The van der Waals surface area contributed by atoms with Crippen molar-refractivity contribution in [1.29, 1.82) is 0 Å². The van der Waals surface area contributed by atoms with E-state index in [-0.39, 0.29) is 17.9 Å². The molecular weight excluding hydrogens is 344 g/mol. The summed E-state index contributed by atoms with van der Waals surface area (Å²) in [4.78, 5) is 35.3. The topological polar surface area (TPSA) is 76.9 Å². The van der Waals surface area contributed by atoms with Gasteiger partial charge in [0.1, 0.15) is 4.83 Å². The number of aromatic nitrogens is 3. The molecule has 6 nitrogen and oxygen atoms in total. The largest absolute Gasteiger partial charge is 0.302 e. The van der Waals surface area contributed by atoms with Crippen LogP contribution in [0.3, 0.4) is 0 Å². The first-order valence-corrected chi connectivity index (χ1v) is 9.61. The molecule has 8 heteroatoms. The number of nitrogens with zero attached hydrogens (tertiary/aromatic N) is 3. The van der Waals surface area contributed by atoms with E-state index in [1.807, 2.05) is 0 Å². The summed E-state index contributed by atoms with van der Waals surface area (Å²) in [6, 6.07) is 0. The molecule has 4 rings (SSSR count). The fourth-order valence-electron chi connectivity index (χ4n) is 3.03. The number of anilines is 1. The predicted octanol–water partition coefficient (Wildman–Crippen LogP) is 2.82. The van der Waals surface area contributed by atoms with E-state index in [1.165, 1.54) is 28.2 Å². The molecule has 1 amide bonds. The molecule has 0 unspecified atom stereocenters. The van der Waals surface area contributed by atoms with Crippen molar-refractivity contribution in [2.75, 3.05) is 5.32 Å². The maximum Gasteiger partial charge on any atom is 0.262 e. The number of thiophene rings is 1. The highest BCUT2D eigenvalue weighted by Gasteiger charge is 2.20. The van der Waals surface area contributed by atoms with E-state index in [4.69, 9.17) is 0 Å². The van der Waals surface area contributed by atoms with Crippen LogP contribution >= 0.6 is 22.7 Å². The zero-order valence-corrected chi connectivity index (χ0v) is 14.6. The Bertz CT molecular complexity index is 943. The molecule has 0 atom stereocenters. The van der Waals surface area contributed by atoms with Crippen LogP contribution in [0, 0.1) is 0 Å². The summed E-state index contributed by atoms with van der Waals surface area (Å²) in [5.74, 6) is -0.149. The lowest BCUT2D eigenvalue weighted by atomic mass is 9.97. The van der Waals surface area contributed by atoms with Crippen molar-refractivity contribution in [3.63, 3.8) is 0 Å². The third-order valence-electron chi connectivity index (χ3n) is 4.20. The van der Waals surface area contributed by atoms with Gasteiger partial charge in [-0.1, -0.05) is 0 Å². The van der Waals surface area contributed by atoms with Crippen LogP contribution in [0.2, 0.25) is 0 Å². The monoisotopic (exact) mass is 360 g/mol. The van der Waals surface area contributed by atoms with Gasteiger partial charge in [0.25, 0.3) is 5.56 Å². The van der Waals surface area contributed by atoms with Crippen molar-refractivity contribution < 1.29 is 4.79 Å². The number of rotatable bonds is 4. The number of aryl methyl sites for hydroxylation is 3. The highest BCUT2D eigenvalue weighted by molar-refractivity contribution is 7.18. The van der Waals surface area contributed by atoms with Crippen molar-refractivity contribution in [1.82, 2.24) is 14.5 Å². The fraction of sp³-hybridized carbons (Fsp3) is 0.375. The van der Waals surface area contributed by atoms with Crippen LogP contribution in [0.1, 0.15) is 29.7 Å². The van der Waals surface area contributed by atoms with Gasteiger partial charge < -0.3 is 5.32 Å². The van der Waals surface area contributed by atoms with Gasteiger partial charge in [0.2, 0.25) is 5.91 Å². The molecule has 24 heavy (non-hydrogen) atoms. The van der Waals surface area contributed by atoms with E-state index in [2.05, 4.69) is 15.3 Å². The van der Waals surface area contributed by atoms with E-state index in [1.54, 1.807) is 33.8 Å². The zero-order chi connectivity index (χ0) is 16.5. The quantitative estimate of drug-likeness (QED) is 0.776. The number of fused-ring (bicyclic) bond motifs is 3. The van der Waals surface area contributed by atoms with E-state index < -0.39 is 0 Å². The molecule has 0 saturated heterocycles. The lowest BCUT2D eigenvalue weighted by Gasteiger charge is -2.10. The summed E-state index contributed by atoms with van der Waals surface area (Å²) in [5.41, 5.74) is 1.15. The fourth-order valence-corrected chi connectivity index (χ4v) is 4.79. The average molecular weight is 360 g/mol. The lowest BCUT2D eigenvalue weighted by molar-refractivity contribution is -0.116. The molecule has 1 aliphatic rings. The van der Waals surface area contributed by atoms with Gasteiger partial charge in [-0.3, -0.25) is 14.2 Å². The van der Waals surface area contributed by atoms with E-state index in [0.29, 0.717) is 11.7 Å². The maximum absolute atomic E-state index is 12.8. The van der Waals surface area contributed by atoms with Gasteiger partial charge in [0.05, 0.1) is 11.7 Å². The number of amides is 1. The van der Waals surface area contributed by atoms with Gasteiger partial charge in [-0.05, 0) is 31.2 Å². The minimum Gasteiger partial charge on any atom is -0.302 e. The highest BCUT2D eigenvalue weighted by atomic mass is 32.1. The summed E-state index contributed by atoms with van der Waals surface area (Å²) in [6.07, 6.45) is 7.74. The molecule has 3 aromatic heterocycles. The first-order chi connectivity index (χ1) is 11.7. The van der Waals surface area contributed by atoms with Gasteiger partial charge >= 0.3 is 0 Å². The van der Waals surface area contributed by atoms with Crippen molar-refractivity contribution >= 4 is 43.9 Å². The van der Waals surface area contributed by atoms with Crippen molar-refractivity contribution in [3.8, 4) is 0 Å². The summed E-state index contributed by atoms with van der Waals surface area (Å²) >= 11 is 3.01. The molecule has 3 heterocycles. The van der Waals surface area contributed by atoms with E-state index in [0.717, 1.165) is 29.5 Å². The van der Waals surface area contributed by atoms with Crippen LogP contribution in [0.15, 0.2) is 22.7 Å². The summed E-state index contributed by atoms with van der Waals surface area (Å²) in [7, 11) is 0. The molecule has 0 radical (unpaired) electrons. The number of carbonyl (C=O) groups excluding carboxylic acids is 1. The standard InChI is InChI=1S/C16H16N4O2S2/c21-12(19-16-17-6-8-23-16)5-7-20-9-18-14-13(15(20)22)10-3-1-2-4-11(10)24-14/h6,8-9H,1-5,7H2,(H,17,19,21). The van der Waals surface area contributed by atoms with Gasteiger partial charge in [0.15, 0.2) is 5.13 Å². The molecule has 0 saturated carbocycles. The SMILES string of the molecule is O=C(CCn1cnc2sc3c(c2c1=O)CCCC3)Nc1nccs1. The third-order valence-corrected chi connectivity index (χ3v) is 6.09. The number of thiazole rings is 1. The molecule has 3 aromatic rings. The Labute approximate surface area is 146 Å². The first kappa shape index (κ1) is 15.5. The zero-order valence-electron chi connectivity index (χ0n) is 12.9. The van der Waals surface area contributed by atoms with Crippen molar-refractivity contribution in [2.24, 2.45) is 0 Å². The van der Waals surface area contributed by atoms with Crippen molar-refractivity contribution in [3.05, 3.63) is 38.7 Å². The Kier molecular flexibility index (Phi) is 4.15. The molecule has 0 fully saturated rings. The summed E-state index contributed by atoms with van der Waals surface area (Å²) in [6.45, 7) is 0.323. The highest BCUT2D eigenvalue weighted by Crippen LogP contribution is 2.33. The molecular formula is C16H16N4O2S2. The van der Waals surface area contributed by atoms with E-state index >= 15 is 0 Å². The molecule has 124 valence electrons. The minimum atomic E-state index is -0.149. The molecule has 0 aromatic carbocycles. The summed E-state index contributed by atoms with van der Waals surface area (Å²) < 4.78 is 1.55. The van der Waals surface area contributed by atoms with Crippen LogP contribution in [-0.2, 0) is 24.2 Å². The van der Waals surface area contributed by atoms with Crippen LogP contribution in [0.5, 0.6) is 0 Å². The Morgan fingerprint density at radius 1 is 1.29 bits per heavy atom. The second kappa shape index (κ2) is 6.45. The Hall–Kier alpha value is -2.06. The number of nitrogens with one attached hydrogen (secondary N) is 1. The normalized spacial score (nSPS) is 13.8. The van der Waals surface area contributed by atoms with Gasteiger partial charge in [-0.2, -0.15) is 0 Å². The van der Waals surface area contributed by atoms with Crippen LogP contribution in [0.25, 0.3) is 10.2 Å². The Morgan fingerprint density at radius 3 is 3.00 bits per heavy atom. The molecule has 0 spiro atoms. The van der Waals surface area contributed by atoms with Gasteiger partial charge in [-0.25, -0.2) is 9.97 Å². The van der Waals surface area contributed by atoms with E-state index in [9.17, 15) is 9.59 Å². The van der Waals surface area contributed by atoms with Gasteiger partial charge in [-0.15, -0.1) is 22.7 Å². The van der Waals surface area contributed by atoms with Crippen LogP contribution < -0.4 is 10.9 Å². The summed E-state index contributed by atoms with van der Waals surface area (Å²) in [5, 5.41) is 5.87. The lowest BCUT2D eigenvalue weighted by Crippen LogP contribution is -2.24. The third kappa shape index (κ3) is 2.87. The first-order valence-electron chi connectivity index (χ1n) is 7.91. The number of carbonyl (C=O) groups is 1. The average Bonchev–Trinajstić information content (AvgIpc) is 3.21. The smallest absolute Gasteiger partial charge is 0.262 e. The number of hydrogen-bond donors (Lipinski definition) is 1. The number of hydrogen-bond acceptors (Lipinski definition) is 6. The molecule has 1 aliphatic carbocycles. The van der Waals surface area contributed by atoms with Crippen molar-refractivity contribution in [2.45, 2.75) is 38.6 Å². The Balaban J connectivity index is 1.55. The maximum atomic E-state index is 12.8. The molecule has 0 bridgehead atoms. The molecule has 1 N–H and O–H groups in total. The second-order valence-corrected chi connectivity index (χ2v) is 7.75. The Morgan fingerprint density at radius 2 is 2.17 bits per heavy atom. The van der Waals surface area contributed by atoms with Crippen LogP contribution in [-0.4, -0.2) is 20.4 Å². The second-order valence-electron chi connectivity index (χ2n) is 5.77. The molecule has 0 aliphatic heterocycles. The van der Waals surface area contributed by atoms with Gasteiger partial charge in [0, 0.05) is 29.4 Å². The predicted molar refractivity (Wildman–Crippen MR) is 95.9 cm³/mol.